The minimum absolute atomic E-state index is 0.175. The number of nitrogens with zero attached hydrogens (tertiary/aromatic N) is 6. The lowest BCUT2D eigenvalue weighted by molar-refractivity contribution is 0.630. The molecule has 0 radical (unpaired) electrons. The Hall–Kier alpha value is -4.95. The molecule has 0 fully saturated rings. The van der Waals surface area contributed by atoms with Gasteiger partial charge in [-0.3, -0.25) is 9.48 Å². The zero-order valence-electron chi connectivity index (χ0n) is 23.4. The summed E-state index contributed by atoms with van der Waals surface area (Å²) in [5, 5.41) is 9.25. The second-order valence-corrected chi connectivity index (χ2v) is 10.8. The normalized spacial score (nSPS) is 12.0. The third kappa shape index (κ3) is 4.94. The first-order valence-electron chi connectivity index (χ1n) is 13.3. The Labute approximate surface area is 242 Å². The highest BCUT2D eigenvalue weighted by Gasteiger charge is 2.17. The van der Waals surface area contributed by atoms with Gasteiger partial charge in [0.2, 0.25) is 4.80 Å². The van der Waals surface area contributed by atoms with E-state index in [1.807, 2.05) is 98.2 Å². The number of benzene rings is 4. The van der Waals surface area contributed by atoms with E-state index in [-0.39, 0.29) is 5.56 Å². The smallest absolute Gasteiger partial charge is 0.297 e. The molecule has 0 saturated carbocycles. The number of hydrogen-bond donors (Lipinski definition) is 0. The highest BCUT2D eigenvalue weighted by molar-refractivity contribution is 7.07. The predicted molar refractivity (Wildman–Crippen MR) is 170 cm³/mol. The molecule has 0 aliphatic rings. The fourth-order valence-corrected chi connectivity index (χ4v) is 5.72. The van der Waals surface area contributed by atoms with Crippen molar-refractivity contribution >= 4 is 39.7 Å². The SMILES string of the molecule is Cc1c(N=c2scc(-c3cccc4ccccc34)n2N=Cc2ccc(N(C)C)cc2)c(=O)n(-c2ccccc2)n1C. The number of fused-ring (bicyclic) bond motifs is 1. The topological polar surface area (TPSA) is 59.8 Å². The fraction of sp³-hybridized carbons (Fsp3) is 0.121. The monoisotopic (exact) mass is 558 g/mol. The van der Waals surface area contributed by atoms with Gasteiger partial charge in [0.15, 0.2) is 5.69 Å². The van der Waals surface area contributed by atoms with Crippen molar-refractivity contribution in [3.8, 4) is 16.9 Å². The van der Waals surface area contributed by atoms with Crippen LogP contribution in [0.25, 0.3) is 27.7 Å². The number of anilines is 1. The van der Waals surface area contributed by atoms with E-state index in [4.69, 9.17) is 10.1 Å². The van der Waals surface area contributed by atoms with E-state index >= 15 is 0 Å². The molecule has 0 saturated heterocycles. The average Bonchev–Trinajstić information content (AvgIpc) is 3.49. The van der Waals surface area contributed by atoms with Crippen LogP contribution in [0.4, 0.5) is 11.4 Å². The molecule has 2 aromatic heterocycles. The molecule has 0 spiro atoms. The van der Waals surface area contributed by atoms with Gasteiger partial charge in [0.05, 0.1) is 23.3 Å². The van der Waals surface area contributed by atoms with E-state index in [0.29, 0.717) is 10.5 Å². The lowest BCUT2D eigenvalue weighted by atomic mass is 10.0. The molecule has 204 valence electrons. The van der Waals surface area contributed by atoms with Crippen molar-refractivity contribution in [3.63, 3.8) is 0 Å². The van der Waals surface area contributed by atoms with Gasteiger partial charge in [0.1, 0.15) is 0 Å². The summed E-state index contributed by atoms with van der Waals surface area (Å²) in [7, 11) is 5.92. The van der Waals surface area contributed by atoms with Gasteiger partial charge in [-0.15, -0.1) is 11.3 Å². The van der Waals surface area contributed by atoms with Gasteiger partial charge < -0.3 is 4.90 Å². The summed E-state index contributed by atoms with van der Waals surface area (Å²) in [6, 6.07) is 32.4. The first kappa shape index (κ1) is 26.3. The van der Waals surface area contributed by atoms with Crippen molar-refractivity contribution in [2.75, 3.05) is 19.0 Å². The van der Waals surface area contributed by atoms with E-state index in [1.54, 1.807) is 4.68 Å². The zero-order valence-corrected chi connectivity index (χ0v) is 24.2. The second-order valence-electron chi connectivity index (χ2n) is 9.99. The molecular weight excluding hydrogens is 528 g/mol. The largest absolute Gasteiger partial charge is 0.378 e. The summed E-state index contributed by atoms with van der Waals surface area (Å²) >= 11 is 1.46. The quantitative estimate of drug-likeness (QED) is 0.224. The highest BCUT2D eigenvalue weighted by Crippen LogP contribution is 2.29. The van der Waals surface area contributed by atoms with E-state index in [2.05, 4.69) is 52.7 Å². The molecule has 0 atom stereocenters. The van der Waals surface area contributed by atoms with Crippen molar-refractivity contribution in [2.24, 2.45) is 17.1 Å². The third-order valence-corrected chi connectivity index (χ3v) is 8.03. The minimum Gasteiger partial charge on any atom is -0.378 e. The fourth-order valence-electron chi connectivity index (χ4n) is 4.88. The molecule has 0 unspecified atom stereocenters. The van der Waals surface area contributed by atoms with Gasteiger partial charge in [-0.2, -0.15) is 5.10 Å². The van der Waals surface area contributed by atoms with E-state index < -0.39 is 0 Å². The van der Waals surface area contributed by atoms with Gasteiger partial charge in [0.25, 0.3) is 5.56 Å². The summed E-state index contributed by atoms with van der Waals surface area (Å²) in [6.45, 7) is 1.92. The van der Waals surface area contributed by atoms with Crippen molar-refractivity contribution in [2.45, 2.75) is 6.92 Å². The molecule has 7 nitrogen and oxygen atoms in total. The molecule has 0 bridgehead atoms. The van der Waals surface area contributed by atoms with Crippen molar-refractivity contribution in [1.82, 2.24) is 14.0 Å². The molecule has 0 aliphatic heterocycles. The molecule has 0 amide bonds. The number of hydrogen-bond acceptors (Lipinski definition) is 5. The third-order valence-electron chi connectivity index (χ3n) is 7.21. The first-order chi connectivity index (χ1) is 19.9. The van der Waals surface area contributed by atoms with Crippen LogP contribution in [0.1, 0.15) is 11.3 Å². The molecule has 41 heavy (non-hydrogen) atoms. The average molecular weight is 559 g/mol. The molecule has 6 rings (SSSR count). The summed E-state index contributed by atoms with van der Waals surface area (Å²) < 4.78 is 5.33. The maximum atomic E-state index is 13.6. The Balaban J connectivity index is 1.54. The Morgan fingerprint density at radius 2 is 1.56 bits per heavy atom. The van der Waals surface area contributed by atoms with Crippen LogP contribution < -0.4 is 15.3 Å². The Morgan fingerprint density at radius 3 is 2.32 bits per heavy atom. The van der Waals surface area contributed by atoms with Crippen LogP contribution in [-0.2, 0) is 7.05 Å². The molecule has 4 aromatic carbocycles. The van der Waals surface area contributed by atoms with Crippen molar-refractivity contribution < 1.29 is 0 Å². The molecule has 6 aromatic rings. The van der Waals surface area contributed by atoms with Gasteiger partial charge in [0, 0.05) is 37.8 Å². The standard InChI is InChI=1S/C33H30N6OS/c1-23-31(32(40)39(37(23)4)27-13-6-5-7-14-27)35-33-38(34-21-24-17-19-26(20-18-24)36(2)3)30(22-41-33)29-16-10-12-25-11-8-9-15-28(25)29/h5-22H,1-4H3. The number of rotatable bonds is 6. The van der Waals surface area contributed by atoms with E-state index in [0.717, 1.165) is 44.7 Å². The van der Waals surface area contributed by atoms with Crippen LogP contribution in [-0.4, -0.2) is 34.3 Å². The van der Waals surface area contributed by atoms with Gasteiger partial charge in [-0.25, -0.2) is 14.4 Å². The zero-order chi connectivity index (χ0) is 28.5. The van der Waals surface area contributed by atoms with Crippen LogP contribution in [0.2, 0.25) is 0 Å². The summed E-state index contributed by atoms with van der Waals surface area (Å²) in [5.41, 5.74) is 5.82. The summed E-state index contributed by atoms with van der Waals surface area (Å²) in [4.78, 5) is 21.3. The first-order valence-corrected chi connectivity index (χ1v) is 14.2. The lowest BCUT2D eigenvalue weighted by Crippen LogP contribution is -2.19. The Morgan fingerprint density at radius 1 is 0.854 bits per heavy atom. The summed E-state index contributed by atoms with van der Waals surface area (Å²) in [5.74, 6) is 0. The maximum absolute atomic E-state index is 13.6. The Bertz CT molecular complexity index is 2000. The maximum Gasteiger partial charge on any atom is 0.297 e. The molecule has 8 heteroatoms. The lowest BCUT2D eigenvalue weighted by Gasteiger charge is -2.11. The van der Waals surface area contributed by atoms with Crippen LogP contribution in [0.3, 0.4) is 0 Å². The van der Waals surface area contributed by atoms with Crippen LogP contribution in [0.15, 0.2) is 117 Å². The highest BCUT2D eigenvalue weighted by atomic mass is 32.1. The minimum atomic E-state index is -0.175. The number of thiazole rings is 1. The Kier molecular flexibility index (Phi) is 6.99. The van der Waals surface area contributed by atoms with E-state index in [9.17, 15) is 4.79 Å². The van der Waals surface area contributed by atoms with Crippen molar-refractivity contribution in [3.05, 3.63) is 129 Å². The van der Waals surface area contributed by atoms with E-state index in [1.165, 1.54) is 11.3 Å². The van der Waals surface area contributed by atoms with Crippen LogP contribution in [0, 0.1) is 6.92 Å². The molecular formula is C33H30N6OS. The van der Waals surface area contributed by atoms with Gasteiger partial charge in [-0.1, -0.05) is 72.8 Å². The van der Waals surface area contributed by atoms with Gasteiger partial charge in [-0.05, 0) is 47.5 Å². The van der Waals surface area contributed by atoms with Crippen LogP contribution >= 0.6 is 11.3 Å². The predicted octanol–water partition coefficient (Wildman–Crippen LogP) is 6.35. The summed E-state index contributed by atoms with van der Waals surface area (Å²) in [6.07, 6.45) is 1.83. The van der Waals surface area contributed by atoms with Crippen LogP contribution in [0.5, 0.6) is 0 Å². The molecule has 0 N–H and O–H groups in total. The van der Waals surface area contributed by atoms with Gasteiger partial charge >= 0.3 is 0 Å². The molecule has 2 heterocycles. The second kappa shape index (κ2) is 10.9. The number of para-hydroxylation sites is 1. The van der Waals surface area contributed by atoms with Crippen molar-refractivity contribution in [1.29, 1.82) is 0 Å². The number of aromatic nitrogens is 3. The molecule has 0 aliphatic carbocycles.